The summed E-state index contributed by atoms with van der Waals surface area (Å²) in [5.74, 6) is -0.792. The Balaban J connectivity index is 3.26. The van der Waals surface area contributed by atoms with Gasteiger partial charge in [-0.15, -0.1) is 0 Å². The van der Waals surface area contributed by atoms with Crippen LogP contribution in [-0.2, 0) is 10.2 Å². The number of carboxylic acids is 1. The number of hydrogen-bond acceptors (Lipinski definition) is 2. The van der Waals surface area contributed by atoms with Crippen molar-refractivity contribution in [1.82, 2.24) is 5.32 Å². The largest absolute Gasteiger partial charge is 0.480 e. The van der Waals surface area contributed by atoms with Gasteiger partial charge in [-0.2, -0.15) is 0 Å². The molecule has 0 aliphatic rings. The van der Waals surface area contributed by atoms with E-state index in [-0.39, 0.29) is 5.41 Å². The first kappa shape index (κ1) is 13.7. The predicted molar refractivity (Wildman–Crippen MR) is 69.2 cm³/mol. The molecule has 3 nitrogen and oxygen atoms in total. The Kier molecular flexibility index (Phi) is 4.70. The molecule has 0 bridgehead atoms. The minimum atomic E-state index is -0.792. The van der Waals surface area contributed by atoms with Crippen LogP contribution >= 0.6 is 0 Å². The fourth-order valence-electron chi connectivity index (χ4n) is 2.64. The van der Waals surface area contributed by atoms with Crippen molar-refractivity contribution >= 4 is 5.97 Å². The zero-order valence-electron chi connectivity index (χ0n) is 10.7. The van der Waals surface area contributed by atoms with Crippen LogP contribution in [0, 0.1) is 0 Å². The Bertz CT molecular complexity index is 358. The van der Waals surface area contributed by atoms with E-state index in [4.69, 9.17) is 0 Å². The van der Waals surface area contributed by atoms with Crippen molar-refractivity contribution in [1.29, 1.82) is 0 Å². The fraction of sp³-hybridized carbons (Fsp3) is 0.500. The van der Waals surface area contributed by atoms with Gasteiger partial charge < -0.3 is 10.4 Å². The van der Waals surface area contributed by atoms with Gasteiger partial charge >= 0.3 is 5.97 Å². The second-order valence-electron chi connectivity index (χ2n) is 4.29. The minimum absolute atomic E-state index is 0.345. The van der Waals surface area contributed by atoms with Crippen LogP contribution in [-0.4, -0.2) is 24.2 Å². The van der Waals surface area contributed by atoms with Crippen LogP contribution in [0.25, 0.3) is 0 Å². The van der Waals surface area contributed by atoms with Crippen molar-refractivity contribution in [2.45, 2.75) is 38.1 Å². The van der Waals surface area contributed by atoms with Crippen molar-refractivity contribution in [3.05, 3.63) is 35.9 Å². The van der Waals surface area contributed by atoms with E-state index in [0.29, 0.717) is 0 Å². The molecule has 0 saturated heterocycles. The summed E-state index contributed by atoms with van der Waals surface area (Å²) < 4.78 is 0. The first-order valence-electron chi connectivity index (χ1n) is 6.08. The van der Waals surface area contributed by atoms with E-state index >= 15 is 0 Å². The normalized spacial score (nSPS) is 13.4. The van der Waals surface area contributed by atoms with Crippen molar-refractivity contribution in [3.63, 3.8) is 0 Å². The van der Waals surface area contributed by atoms with E-state index in [1.807, 2.05) is 44.2 Å². The average molecular weight is 235 g/mol. The summed E-state index contributed by atoms with van der Waals surface area (Å²) >= 11 is 0. The van der Waals surface area contributed by atoms with Gasteiger partial charge in [-0.3, -0.25) is 4.79 Å². The molecule has 0 fully saturated rings. The maximum absolute atomic E-state index is 11.4. The zero-order chi connectivity index (χ0) is 12.9. The van der Waals surface area contributed by atoms with E-state index in [1.54, 1.807) is 7.05 Å². The van der Waals surface area contributed by atoms with Crippen LogP contribution in [0.3, 0.4) is 0 Å². The Morgan fingerprint density at radius 3 is 2.18 bits per heavy atom. The van der Waals surface area contributed by atoms with Crippen LogP contribution < -0.4 is 5.32 Å². The third-order valence-corrected chi connectivity index (χ3v) is 3.70. The number of aliphatic carboxylic acids is 1. The summed E-state index contributed by atoms with van der Waals surface area (Å²) in [6.45, 7) is 4.09. The summed E-state index contributed by atoms with van der Waals surface area (Å²) in [6.07, 6.45) is 1.59. The zero-order valence-corrected chi connectivity index (χ0v) is 10.7. The summed E-state index contributed by atoms with van der Waals surface area (Å²) in [5, 5.41) is 12.3. The van der Waals surface area contributed by atoms with E-state index < -0.39 is 12.0 Å². The van der Waals surface area contributed by atoms with Crippen molar-refractivity contribution in [2.24, 2.45) is 0 Å². The van der Waals surface area contributed by atoms with Crippen molar-refractivity contribution in [3.8, 4) is 0 Å². The highest BCUT2D eigenvalue weighted by Gasteiger charge is 2.40. The molecule has 0 aliphatic heterocycles. The van der Waals surface area contributed by atoms with Gasteiger partial charge in [-0.05, 0) is 25.5 Å². The molecule has 1 atom stereocenters. The summed E-state index contributed by atoms with van der Waals surface area (Å²) in [6, 6.07) is 9.35. The van der Waals surface area contributed by atoms with Gasteiger partial charge in [0.15, 0.2) is 0 Å². The van der Waals surface area contributed by atoms with Gasteiger partial charge in [-0.25, -0.2) is 0 Å². The average Bonchev–Trinajstić information content (AvgIpc) is 2.36. The van der Waals surface area contributed by atoms with E-state index in [0.717, 1.165) is 18.4 Å². The molecule has 2 N–H and O–H groups in total. The van der Waals surface area contributed by atoms with Gasteiger partial charge in [0.25, 0.3) is 0 Å². The molecule has 1 unspecified atom stereocenters. The molecule has 1 rings (SSSR count). The standard InChI is InChI=1S/C14H21NO2/c1-4-14(5-2,12(15-3)13(16)17)11-9-7-6-8-10-11/h6-10,12,15H,4-5H2,1-3H3,(H,16,17). The lowest BCUT2D eigenvalue weighted by atomic mass is 9.70. The fourth-order valence-corrected chi connectivity index (χ4v) is 2.64. The number of likely N-dealkylation sites (N-methyl/N-ethyl adjacent to an activating group) is 1. The Morgan fingerprint density at radius 1 is 1.29 bits per heavy atom. The third-order valence-electron chi connectivity index (χ3n) is 3.70. The molecule has 94 valence electrons. The van der Waals surface area contributed by atoms with Gasteiger partial charge in [0.2, 0.25) is 0 Å². The molecule has 17 heavy (non-hydrogen) atoms. The van der Waals surface area contributed by atoms with E-state index in [2.05, 4.69) is 5.32 Å². The highest BCUT2D eigenvalue weighted by Crippen LogP contribution is 2.35. The van der Waals surface area contributed by atoms with Crippen LogP contribution in [0.2, 0.25) is 0 Å². The molecule has 1 aromatic carbocycles. The third kappa shape index (κ3) is 2.50. The van der Waals surface area contributed by atoms with Gasteiger partial charge in [0, 0.05) is 5.41 Å². The number of hydrogen-bond donors (Lipinski definition) is 2. The van der Waals surface area contributed by atoms with E-state index in [9.17, 15) is 9.90 Å². The number of carbonyl (C=O) groups is 1. The first-order chi connectivity index (χ1) is 8.12. The summed E-state index contributed by atoms with van der Waals surface area (Å²) in [5.41, 5.74) is 0.744. The lowest BCUT2D eigenvalue weighted by molar-refractivity contribution is -0.141. The molecule has 0 saturated carbocycles. The lowest BCUT2D eigenvalue weighted by Crippen LogP contribution is -2.51. The Hall–Kier alpha value is -1.35. The number of nitrogens with one attached hydrogen (secondary N) is 1. The highest BCUT2D eigenvalue weighted by atomic mass is 16.4. The molecule has 0 aromatic heterocycles. The number of carboxylic acid groups (broad SMARTS) is 1. The Labute approximate surface area is 103 Å². The molecule has 0 radical (unpaired) electrons. The quantitative estimate of drug-likeness (QED) is 0.796. The summed E-state index contributed by atoms with van der Waals surface area (Å²) in [4.78, 5) is 11.4. The molecule has 0 aliphatic carbocycles. The molecule has 1 aromatic rings. The minimum Gasteiger partial charge on any atom is -0.480 e. The van der Waals surface area contributed by atoms with Crippen LogP contribution in [0.5, 0.6) is 0 Å². The maximum atomic E-state index is 11.4. The van der Waals surface area contributed by atoms with Gasteiger partial charge in [0.1, 0.15) is 6.04 Å². The van der Waals surface area contributed by atoms with Crippen LogP contribution in [0.15, 0.2) is 30.3 Å². The molecular weight excluding hydrogens is 214 g/mol. The second-order valence-corrected chi connectivity index (χ2v) is 4.29. The number of benzene rings is 1. The smallest absolute Gasteiger partial charge is 0.321 e. The SMILES string of the molecule is CCC(CC)(c1ccccc1)C(NC)C(=O)O. The molecule has 0 amide bonds. The van der Waals surface area contributed by atoms with Gasteiger partial charge in [0.05, 0.1) is 0 Å². The molecular formula is C14H21NO2. The Morgan fingerprint density at radius 2 is 1.82 bits per heavy atom. The maximum Gasteiger partial charge on any atom is 0.321 e. The van der Waals surface area contributed by atoms with E-state index in [1.165, 1.54) is 0 Å². The van der Waals surface area contributed by atoms with Crippen molar-refractivity contribution in [2.75, 3.05) is 7.05 Å². The molecule has 3 heteroatoms. The topological polar surface area (TPSA) is 49.3 Å². The molecule has 0 spiro atoms. The molecule has 0 heterocycles. The summed E-state index contributed by atoms with van der Waals surface area (Å²) in [7, 11) is 1.71. The second kappa shape index (κ2) is 5.82. The van der Waals surface area contributed by atoms with Crippen LogP contribution in [0.1, 0.15) is 32.3 Å². The van der Waals surface area contributed by atoms with Crippen molar-refractivity contribution < 1.29 is 9.90 Å². The van der Waals surface area contributed by atoms with Crippen LogP contribution in [0.4, 0.5) is 0 Å². The number of rotatable bonds is 6. The highest BCUT2D eigenvalue weighted by molar-refractivity contribution is 5.76. The lowest BCUT2D eigenvalue weighted by Gasteiger charge is -2.37. The first-order valence-corrected chi connectivity index (χ1v) is 6.08. The van der Waals surface area contributed by atoms with Gasteiger partial charge in [-0.1, -0.05) is 44.2 Å². The monoisotopic (exact) mass is 235 g/mol. The predicted octanol–water partition coefficient (Wildman–Crippen LogP) is 2.42.